The fourth-order valence-electron chi connectivity index (χ4n) is 1.95. The van der Waals surface area contributed by atoms with Crippen LogP contribution in [0.2, 0.25) is 0 Å². The summed E-state index contributed by atoms with van der Waals surface area (Å²) in [6.45, 7) is 7.38. The lowest BCUT2D eigenvalue weighted by atomic mass is 10.1. The van der Waals surface area contributed by atoms with Crippen LogP contribution in [0, 0.1) is 13.8 Å². The third-order valence-corrected chi connectivity index (χ3v) is 3.25. The molecule has 1 saturated heterocycles. The van der Waals surface area contributed by atoms with Gasteiger partial charge in [0, 0.05) is 31.9 Å². The smallest absolute Gasteiger partial charge is 0.321 e. The summed E-state index contributed by atoms with van der Waals surface area (Å²) < 4.78 is 0. The molecule has 0 saturated carbocycles. The Bertz CT molecular complexity index is 411. The number of nitrogens with one attached hydrogen (secondary N) is 2. The highest BCUT2D eigenvalue weighted by molar-refractivity contribution is 5.90. The van der Waals surface area contributed by atoms with E-state index in [2.05, 4.69) is 23.6 Å². The van der Waals surface area contributed by atoms with Crippen molar-refractivity contribution in [3.05, 3.63) is 29.3 Å². The molecule has 1 fully saturated rings. The van der Waals surface area contributed by atoms with E-state index in [0.717, 1.165) is 37.4 Å². The van der Waals surface area contributed by atoms with Crippen LogP contribution in [0.25, 0.3) is 0 Å². The largest absolute Gasteiger partial charge is 0.322 e. The minimum absolute atomic E-state index is 0.000185. The van der Waals surface area contributed by atoms with Crippen molar-refractivity contribution in [3.63, 3.8) is 0 Å². The van der Waals surface area contributed by atoms with Crippen molar-refractivity contribution in [3.8, 4) is 0 Å². The van der Waals surface area contributed by atoms with Gasteiger partial charge in [0.25, 0.3) is 0 Å². The lowest BCUT2D eigenvalue weighted by Crippen LogP contribution is -2.48. The molecule has 0 aromatic heterocycles. The van der Waals surface area contributed by atoms with Crippen molar-refractivity contribution in [1.29, 1.82) is 0 Å². The number of piperazine rings is 1. The molecular formula is C13H19N3O. The molecule has 1 heterocycles. The molecule has 0 bridgehead atoms. The minimum atomic E-state index is 0.000185. The predicted octanol–water partition coefficient (Wildman–Crippen LogP) is 1.74. The van der Waals surface area contributed by atoms with Crippen molar-refractivity contribution in [1.82, 2.24) is 10.2 Å². The minimum Gasteiger partial charge on any atom is -0.322 e. The number of urea groups is 1. The summed E-state index contributed by atoms with van der Waals surface area (Å²) in [5, 5.41) is 6.21. The van der Waals surface area contributed by atoms with Crippen LogP contribution in [0.5, 0.6) is 0 Å². The predicted molar refractivity (Wildman–Crippen MR) is 69.4 cm³/mol. The molecule has 1 aliphatic heterocycles. The van der Waals surface area contributed by atoms with E-state index in [-0.39, 0.29) is 6.03 Å². The molecule has 0 aliphatic carbocycles. The van der Waals surface area contributed by atoms with Crippen LogP contribution < -0.4 is 10.6 Å². The highest BCUT2D eigenvalue weighted by Gasteiger charge is 2.16. The fourth-order valence-corrected chi connectivity index (χ4v) is 1.95. The van der Waals surface area contributed by atoms with E-state index in [9.17, 15) is 4.79 Å². The van der Waals surface area contributed by atoms with Crippen molar-refractivity contribution in [2.75, 3.05) is 31.5 Å². The number of amides is 2. The maximum absolute atomic E-state index is 12.0. The molecule has 2 rings (SSSR count). The first-order valence-corrected chi connectivity index (χ1v) is 6.01. The molecule has 2 N–H and O–H groups in total. The first kappa shape index (κ1) is 11.9. The van der Waals surface area contributed by atoms with Gasteiger partial charge >= 0.3 is 6.03 Å². The number of anilines is 1. The van der Waals surface area contributed by atoms with Gasteiger partial charge in [-0.15, -0.1) is 0 Å². The zero-order chi connectivity index (χ0) is 12.3. The van der Waals surface area contributed by atoms with Crippen LogP contribution in [0.15, 0.2) is 18.2 Å². The Morgan fingerprint density at radius 1 is 1.29 bits per heavy atom. The lowest BCUT2D eigenvalue weighted by molar-refractivity contribution is 0.204. The molecule has 92 valence electrons. The summed E-state index contributed by atoms with van der Waals surface area (Å²) in [6, 6.07) is 5.97. The highest BCUT2D eigenvalue weighted by atomic mass is 16.2. The van der Waals surface area contributed by atoms with Crippen molar-refractivity contribution in [2.45, 2.75) is 13.8 Å². The molecule has 2 amide bonds. The van der Waals surface area contributed by atoms with Crippen molar-refractivity contribution < 1.29 is 4.79 Å². The van der Waals surface area contributed by atoms with Crippen LogP contribution in [-0.2, 0) is 0 Å². The number of hydrogen-bond donors (Lipinski definition) is 2. The first-order valence-electron chi connectivity index (χ1n) is 6.01. The summed E-state index contributed by atoms with van der Waals surface area (Å²) in [6.07, 6.45) is 0. The third-order valence-electron chi connectivity index (χ3n) is 3.25. The summed E-state index contributed by atoms with van der Waals surface area (Å²) >= 11 is 0. The standard InChI is InChI=1S/C13H19N3O/c1-10-4-3-5-12(11(10)2)15-13(17)16-8-6-14-7-9-16/h3-5,14H,6-9H2,1-2H3,(H,15,17). The summed E-state index contributed by atoms with van der Waals surface area (Å²) in [5.74, 6) is 0. The number of benzene rings is 1. The van der Waals surface area contributed by atoms with E-state index in [1.165, 1.54) is 5.56 Å². The molecule has 17 heavy (non-hydrogen) atoms. The average molecular weight is 233 g/mol. The van der Waals surface area contributed by atoms with Gasteiger partial charge in [0.2, 0.25) is 0 Å². The zero-order valence-electron chi connectivity index (χ0n) is 10.4. The Morgan fingerprint density at radius 3 is 2.71 bits per heavy atom. The average Bonchev–Trinajstić information content (AvgIpc) is 2.36. The molecule has 0 radical (unpaired) electrons. The van der Waals surface area contributed by atoms with Gasteiger partial charge in [0.1, 0.15) is 0 Å². The Hall–Kier alpha value is -1.55. The molecule has 4 nitrogen and oxygen atoms in total. The number of carbonyl (C=O) groups is 1. The van der Waals surface area contributed by atoms with Crippen LogP contribution >= 0.6 is 0 Å². The lowest BCUT2D eigenvalue weighted by Gasteiger charge is -2.27. The molecule has 0 spiro atoms. The summed E-state index contributed by atoms with van der Waals surface area (Å²) in [5.41, 5.74) is 3.24. The Balaban J connectivity index is 2.04. The maximum atomic E-state index is 12.0. The SMILES string of the molecule is Cc1cccc(NC(=O)N2CCNCC2)c1C. The fraction of sp³-hybridized carbons (Fsp3) is 0.462. The second-order valence-electron chi connectivity index (χ2n) is 4.41. The summed E-state index contributed by atoms with van der Waals surface area (Å²) in [7, 11) is 0. The molecule has 0 unspecified atom stereocenters. The van der Waals surface area contributed by atoms with Gasteiger partial charge < -0.3 is 15.5 Å². The van der Waals surface area contributed by atoms with Gasteiger partial charge in [-0.05, 0) is 31.0 Å². The molecule has 1 aromatic rings. The molecule has 1 aliphatic rings. The quantitative estimate of drug-likeness (QED) is 0.776. The number of rotatable bonds is 1. The normalized spacial score (nSPS) is 15.8. The monoisotopic (exact) mass is 233 g/mol. The van der Waals surface area contributed by atoms with Gasteiger partial charge in [-0.3, -0.25) is 0 Å². The van der Waals surface area contributed by atoms with E-state index in [4.69, 9.17) is 0 Å². The maximum Gasteiger partial charge on any atom is 0.321 e. The zero-order valence-corrected chi connectivity index (χ0v) is 10.4. The van der Waals surface area contributed by atoms with E-state index < -0.39 is 0 Å². The second kappa shape index (κ2) is 5.19. The summed E-state index contributed by atoms with van der Waals surface area (Å²) in [4.78, 5) is 13.9. The van der Waals surface area contributed by atoms with E-state index in [1.54, 1.807) is 0 Å². The third kappa shape index (κ3) is 2.77. The topological polar surface area (TPSA) is 44.4 Å². The van der Waals surface area contributed by atoms with Crippen LogP contribution in [0.1, 0.15) is 11.1 Å². The molecular weight excluding hydrogens is 214 g/mol. The van der Waals surface area contributed by atoms with Gasteiger partial charge in [-0.2, -0.15) is 0 Å². The van der Waals surface area contributed by atoms with E-state index >= 15 is 0 Å². The number of hydrogen-bond acceptors (Lipinski definition) is 2. The first-order chi connectivity index (χ1) is 8.18. The Labute approximate surface area is 102 Å². The molecule has 4 heteroatoms. The molecule has 0 atom stereocenters. The van der Waals surface area contributed by atoms with Gasteiger partial charge in [-0.25, -0.2) is 4.79 Å². The number of aryl methyl sites for hydroxylation is 1. The highest BCUT2D eigenvalue weighted by Crippen LogP contribution is 2.18. The molecule has 1 aromatic carbocycles. The van der Waals surface area contributed by atoms with Crippen molar-refractivity contribution >= 4 is 11.7 Å². The number of nitrogens with zero attached hydrogens (tertiary/aromatic N) is 1. The Kier molecular flexibility index (Phi) is 3.64. The van der Waals surface area contributed by atoms with E-state index in [1.807, 2.05) is 24.0 Å². The van der Waals surface area contributed by atoms with Gasteiger partial charge in [0.15, 0.2) is 0 Å². The van der Waals surface area contributed by atoms with E-state index in [0.29, 0.717) is 0 Å². The van der Waals surface area contributed by atoms with Crippen LogP contribution in [-0.4, -0.2) is 37.1 Å². The second-order valence-corrected chi connectivity index (χ2v) is 4.41. The van der Waals surface area contributed by atoms with Crippen LogP contribution in [0.3, 0.4) is 0 Å². The number of carbonyl (C=O) groups excluding carboxylic acids is 1. The van der Waals surface area contributed by atoms with Gasteiger partial charge in [-0.1, -0.05) is 12.1 Å². The van der Waals surface area contributed by atoms with Crippen molar-refractivity contribution in [2.24, 2.45) is 0 Å². The van der Waals surface area contributed by atoms with Crippen LogP contribution in [0.4, 0.5) is 10.5 Å². The Morgan fingerprint density at radius 2 is 2.00 bits per heavy atom. The van der Waals surface area contributed by atoms with Gasteiger partial charge in [0.05, 0.1) is 0 Å².